The van der Waals surface area contributed by atoms with Gasteiger partial charge in [-0.05, 0) is 98.5 Å². The van der Waals surface area contributed by atoms with Gasteiger partial charge < -0.3 is 31.3 Å². The monoisotopic (exact) mass is 774 g/mol. The summed E-state index contributed by atoms with van der Waals surface area (Å²) in [7, 11) is 0. The van der Waals surface area contributed by atoms with Crippen LogP contribution in [0.1, 0.15) is 89.1 Å². The van der Waals surface area contributed by atoms with Crippen LogP contribution < -0.4 is 26.6 Å². The molecular formula is C44H51FN8O4. The molecule has 5 aromatic rings. The lowest BCUT2D eigenvalue weighted by atomic mass is 10.00. The van der Waals surface area contributed by atoms with Crippen molar-refractivity contribution in [3.8, 4) is 11.1 Å². The smallest absolute Gasteiger partial charge is 0.251 e. The van der Waals surface area contributed by atoms with Crippen molar-refractivity contribution in [2.45, 2.75) is 90.6 Å². The standard InChI is InChI=1S/C44H51FN8O4/c1-3-38-35(40(51-33-16-19-57-20-17-33)36-27-50-53(4-2)41(36)52-38)26-49-43(55)32-12-8-11-31(23-32)42(54)48-25-29-14-15-37(45)34(22-29)30-10-7-9-28(21-30)24-47-39-13-5-6-18-46-44(39)56/h7-12,14-15,21-23,27,33,39,47H,3-6,13,16-20,24-26H2,1-2H3,(H,46,56)(H,48,54)(H,49,55)(H,51,52)/t39-/m1/s1. The number of pyridine rings is 1. The second-order valence-electron chi connectivity index (χ2n) is 14.7. The first kappa shape index (κ1) is 39.6. The molecule has 0 bridgehead atoms. The fourth-order valence-electron chi connectivity index (χ4n) is 7.58. The average molecular weight is 775 g/mol. The van der Waals surface area contributed by atoms with Crippen LogP contribution in [0, 0.1) is 5.82 Å². The summed E-state index contributed by atoms with van der Waals surface area (Å²) in [6.07, 6.45) is 7.01. The Kier molecular flexibility index (Phi) is 12.9. The average Bonchev–Trinajstić information content (AvgIpc) is 3.55. The molecule has 13 heteroatoms. The molecule has 5 N–H and O–H groups in total. The molecule has 2 fully saturated rings. The Morgan fingerprint density at radius 1 is 0.895 bits per heavy atom. The van der Waals surface area contributed by atoms with Gasteiger partial charge in [0.15, 0.2) is 5.65 Å². The van der Waals surface area contributed by atoms with Crippen LogP contribution >= 0.6 is 0 Å². The van der Waals surface area contributed by atoms with E-state index in [1.807, 2.05) is 42.1 Å². The molecule has 3 aromatic carbocycles. The third-order valence-electron chi connectivity index (χ3n) is 10.8. The second-order valence-corrected chi connectivity index (χ2v) is 14.7. The van der Waals surface area contributed by atoms with Crippen LogP contribution in [0.4, 0.5) is 10.1 Å². The van der Waals surface area contributed by atoms with E-state index in [-0.39, 0.29) is 48.7 Å². The van der Waals surface area contributed by atoms with E-state index < -0.39 is 0 Å². The molecule has 12 nitrogen and oxygen atoms in total. The van der Waals surface area contributed by atoms with Gasteiger partial charge in [0.2, 0.25) is 5.91 Å². The molecule has 2 aliphatic rings. The van der Waals surface area contributed by atoms with Crippen LogP contribution in [0.2, 0.25) is 0 Å². The third-order valence-corrected chi connectivity index (χ3v) is 10.8. The molecule has 57 heavy (non-hydrogen) atoms. The maximum atomic E-state index is 15.2. The van der Waals surface area contributed by atoms with Crippen molar-refractivity contribution in [2.24, 2.45) is 0 Å². The maximum Gasteiger partial charge on any atom is 0.251 e. The second kappa shape index (κ2) is 18.5. The van der Waals surface area contributed by atoms with E-state index in [1.165, 1.54) is 6.07 Å². The lowest BCUT2D eigenvalue weighted by molar-refractivity contribution is -0.122. The molecule has 4 heterocycles. The van der Waals surface area contributed by atoms with Gasteiger partial charge in [-0.15, -0.1) is 0 Å². The molecule has 298 valence electrons. The Balaban J connectivity index is 1.00. The van der Waals surface area contributed by atoms with Crippen LogP contribution in [0.5, 0.6) is 0 Å². The van der Waals surface area contributed by atoms with Gasteiger partial charge >= 0.3 is 0 Å². The SMILES string of the molecule is CCc1nc2c(cnn2CC)c(NC2CCOCC2)c1CNC(=O)c1cccc(C(=O)NCc2ccc(F)c(-c3cccc(CN[C@@H]4CCCCNC4=O)c3)c2)c1. The van der Waals surface area contributed by atoms with Gasteiger partial charge in [0.25, 0.3) is 11.8 Å². The number of rotatable bonds is 14. The fraction of sp³-hybridized carbons (Fsp3) is 0.386. The Bertz CT molecular complexity index is 2230. The highest BCUT2D eigenvalue weighted by Crippen LogP contribution is 2.31. The number of carbonyl (C=O) groups is 3. The van der Waals surface area contributed by atoms with Gasteiger partial charge in [-0.1, -0.05) is 37.3 Å². The first-order valence-electron chi connectivity index (χ1n) is 20.1. The van der Waals surface area contributed by atoms with Crippen LogP contribution in [-0.2, 0) is 42.1 Å². The number of aromatic nitrogens is 3. The number of anilines is 1. The minimum Gasteiger partial charge on any atom is -0.381 e. The zero-order chi connectivity index (χ0) is 39.7. The summed E-state index contributed by atoms with van der Waals surface area (Å²) >= 11 is 0. The molecule has 0 saturated carbocycles. The number of amides is 3. The Morgan fingerprint density at radius 3 is 2.42 bits per heavy atom. The van der Waals surface area contributed by atoms with E-state index in [0.29, 0.717) is 61.5 Å². The van der Waals surface area contributed by atoms with Crippen molar-refractivity contribution in [3.05, 3.63) is 112 Å². The predicted molar refractivity (Wildman–Crippen MR) is 218 cm³/mol. The molecule has 7 rings (SSSR count). The largest absolute Gasteiger partial charge is 0.381 e. The van der Waals surface area contributed by atoms with E-state index in [0.717, 1.165) is 71.2 Å². The summed E-state index contributed by atoms with van der Waals surface area (Å²) < 4.78 is 22.6. The van der Waals surface area contributed by atoms with Crippen molar-refractivity contribution in [1.29, 1.82) is 0 Å². The summed E-state index contributed by atoms with van der Waals surface area (Å²) in [5.41, 5.74) is 7.01. The third kappa shape index (κ3) is 9.49. The van der Waals surface area contributed by atoms with Crippen molar-refractivity contribution in [1.82, 2.24) is 36.0 Å². The number of aryl methyl sites for hydroxylation is 2. The molecule has 3 amide bonds. The van der Waals surface area contributed by atoms with Gasteiger partial charge in [-0.3, -0.25) is 14.4 Å². The van der Waals surface area contributed by atoms with Gasteiger partial charge in [0.05, 0.1) is 23.3 Å². The van der Waals surface area contributed by atoms with Crippen LogP contribution in [0.15, 0.2) is 72.9 Å². The maximum absolute atomic E-state index is 15.2. The molecule has 2 aliphatic heterocycles. The Labute approximate surface area is 332 Å². The van der Waals surface area contributed by atoms with Crippen molar-refractivity contribution < 1.29 is 23.5 Å². The lowest BCUT2D eigenvalue weighted by Gasteiger charge is -2.26. The number of nitrogens with one attached hydrogen (secondary N) is 5. The van der Waals surface area contributed by atoms with Gasteiger partial charge in [-0.2, -0.15) is 5.10 Å². The summed E-state index contributed by atoms with van der Waals surface area (Å²) in [5.74, 6) is -1.03. The Hall–Kier alpha value is -5.66. The molecular weight excluding hydrogens is 724 g/mol. The van der Waals surface area contributed by atoms with Gasteiger partial charge in [0.1, 0.15) is 5.82 Å². The van der Waals surface area contributed by atoms with Crippen molar-refractivity contribution in [3.63, 3.8) is 0 Å². The number of halogens is 1. The number of nitrogens with zero attached hydrogens (tertiary/aromatic N) is 3. The van der Waals surface area contributed by atoms with E-state index >= 15 is 4.39 Å². The van der Waals surface area contributed by atoms with E-state index in [9.17, 15) is 14.4 Å². The predicted octanol–water partition coefficient (Wildman–Crippen LogP) is 6.03. The number of benzene rings is 3. The lowest BCUT2D eigenvalue weighted by Crippen LogP contribution is -2.42. The Morgan fingerprint density at radius 2 is 1.65 bits per heavy atom. The van der Waals surface area contributed by atoms with E-state index in [4.69, 9.17) is 9.72 Å². The summed E-state index contributed by atoms with van der Waals surface area (Å²) in [6.45, 7) is 7.75. The number of carbonyl (C=O) groups excluding carboxylic acids is 3. The first-order chi connectivity index (χ1) is 27.8. The zero-order valence-corrected chi connectivity index (χ0v) is 32.6. The van der Waals surface area contributed by atoms with Gasteiger partial charge in [0, 0.05) is 79.9 Å². The highest BCUT2D eigenvalue weighted by Gasteiger charge is 2.23. The van der Waals surface area contributed by atoms with Crippen molar-refractivity contribution >= 4 is 34.4 Å². The van der Waals surface area contributed by atoms with Crippen LogP contribution in [0.3, 0.4) is 0 Å². The number of ether oxygens (including phenoxy) is 1. The molecule has 1 atom stereocenters. The highest BCUT2D eigenvalue weighted by atomic mass is 19.1. The van der Waals surface area contributed by atoms with E-state index in [1.54, 1.807) is 36.4 Å². The van der Waals surface area contributed by atoms with Crippen molar-refractivity contribution in [2.75, 3.05) is 25.1 Å². The number of hydrogen-bond donors (Lipinski definition) is 5. The zero-order valence-electron chi connectivity index (χ0n) is 32.6. The molecule has 0 spiro atoms. The van der Waals surface area contributed by atoms with E-state index in [2.05, 4.69) is 38.6 Å². The number of hydrogen-bond acceptors (Lipinski definition) is 8. The molecule has 0 radical (unpaired) electrons. The molecule has 2 saturated heterocycles. The molecule has 0 unspecified atom stereocenters. The minimum atomic E-state index is -0.374. The van der Waals surface area contributed by atoms with Crippen LogP contribution in [0.25, 0.3) is 22.2 Å². The van der Waals surface area contributed by atoms with Crippen LogP contribution in [-0.4, -0.2) is 64.3 Å². The summed E-state index contributed by atoms with van der Waals surface area (Å²) in [5, 5.41) is 21.5. The summed E-state index contributed by atoms with van der Waals surface area (Å²) in [4.78, 5) is 44.3. The summed E-state index contributed by atoms with van der Waals surface area (Å²) in [6, 6.07) is 19.0. The fourth-order valence-corrected chi connectivity index (χ4v) is 7.58. The van der Waals surface area contributed by atoms with Gasteiger partial charge in [-0.25, -0.2) is 14.1 Å². The highest BCUT2D eigenvalue weighted by molar-refractivity contribution is 6.00. The first-order valence-corrected chi connectivity index (χ1v) is 20.1. The topological polar surface area (TPSA) is 151 Å². The molecule has 2 aromatic heterocycles. The normalized spacial score (nSPS) is 16.2. The minimum absolute atomic E-state index is 0.0149. The quantitative estimate of drug-likeness (QED) is 0.0919. The number of fused-ring (bicyclic) bond motifs is 1. The molecule has 0 aliphatic carbocycles.